The first-order chi connectivity index (χ1) is 10.9. The Hall–Kier alpha value is -2.77. The van der Waals surface area contributed by atoms with E-state index in [0.717, 1.165) is 6.26 Å². The van der Waals surface area contributed by atoms with Gasteiger partial charge in [-0.3, -0.25) is 0 Å². The molecule has 5 nitrogen and oxygen atoms in total. The lowest BCUT2D eigenvalue weighted by Gasteiger charge is -2.08. The van der Waals surface area contributed by atoms with Gasteiger partial charge in [0.25, 0.3) is 0 Å². The van der Waals surface area contributed by atoms with Gasteiger partial charge >= 0.3 is 12.3 Å². The molecule has 8 heteroatoms. The topological polar surface area (TPSA) is 61.6 Å². The van der Waals surface area contributed by atoms with Gasteiger partial charge < -0.3 is 13.9 Å². The van der Waals surface area contributed by atoms with Crippen molar-refractivity contribution in [2.24, 2.45) is 0 Å². The molecule has 0 aliphatic rings. The van der Waals surface area contributed by atoms with Crippen LogP contribution in [-0.2, 0) is 4.74 Å². The molecule has 0 N–H and O–H groups in total. The summed E-state index contributed by atoms with van der Waals surface area (Å²) in [4.78, 5) is 15.3. The van der Waals surface area contributed by atoms with E-state index in [2.05, 4.69) is 9.72 Å². The second-order valence-electron chi connectivity index (χ2n) is 4.24. The third-order valence-electron chi connectivity index (χ3n) is 2.54. The highest BCUT2D eigenvalue weighted by Crippen LogP contribution is 2.23. The van der Waals surface area contributed by atoms with Gasteiger partial charge in [0.05, 0.1) is 6.61 Å². The third kappa shape index (κ3) is 5.17. The predicted molar refractivity (Wildman–Crippen MR) is 74.5 cm³/mol. The molecule has 2 aromatic rings. The average molecular weight is 327 g/mol. The summed E-state index contributed by atoms with van der Waals surface area (Å²) in [5.74, 6) is -0.733. The number of hydrogen-bond donors (Lipinski definition) is 0. The maximum atomic E-state index is 12.0. The van der Waals surface area contributed by atoms with Crippen molar-refractivity contribution >= 4 is 18.1 Å². The first kappa shape index (κ1) is 16.6. The van der Waals surface area contributed by atoms with Crippen LogP contribution in [0.1, 0.15) is 28.9 Å². The van der Waals surface area contributed by atoms with Gasteiger partial charge in [-0.25, -0.2) is 9.78 Å². The fraction of sp³-hybridized carbons (Fsp3) is 0.200. The van der Waals surface area contributed by atoms with E-state index in [0.29, 0.717) is 5.56 Å². The minimum absolute atomic E-state index is 0.0421. The third-order valence-corrected chi connectivity index (χ3v) is 2.54. The highest BCUT2D eigenvalue weighted by Gasteiger charge is 2.30. The van der Waals surface area contributed by atoms with Crippen molar-refractivity contribution < 1.29 is 31.9 Å². The van der Waals surface area contributed by atoms with Crippen molar-refractivity contribution in [2.75, 3.05) is 6.61 Å². The van der Waals surface area contributed by atoms with Crippen molar-refractivity contribution in [2.45, 2.75) is 13.3 Å². The second-order valence-corrected chi connectivity index (χ2v) is 4.24. The number of oxazole rings is 1. The lowest BCUT2D eigenvalue weighted by atomic mass is 10.2. The highest BCUT2D eigenvalue weighted by atomic mass is 19.4. The maximum Gasteiger partial charge on any atom is 0.573 e. The van der Waals surface area contributed by atoms with E-state index >= 15 is 0 Å². The molecule has 1 aromatic heterocycles. The van der Waals surface area contributed by atoms with E-state index in [9.17, 15) is 18.0 Å². The SMILES string of the molecule is CCOC(=O)c1coc(C=Cc2ccc(OC(F)(F)F)cc2)n1. The number of carbonyl (C=O) groups excluding carboxylic acids is 1. The molecule has 0 aliphatic heterocycles. The van der Waals surface area contributed by atoms with Crippen molar-refractivity contribution in [1.82, 2.24) is 4.98 Å². The molecule has 0 unspecified atom stereocenters. The zero-order chi connectivity index (χ0) is 16.9. The number of esters is 1. The lowest BCUT2D eigenvalue weighted by Crippen LogP contribution is -2.16. The van der Waals surface area contributed by atoms with Crippen molar-refractivity contribution in [1.29, 1.82) is 0 Å². The molecule has 0 fully saturated rings. The van der Waals surface area contributed by atoms with E-state index < -0.39 is 12.3 Å². The number of halogens is 3. The number of rotatable bonds is 5. The largest absolute Gasteiger partial charge is 0.573 e. The Morgan fingerprint density at radius 1 is 1.26 bits per heavy atom. The Kier molecular flexibility index (Phi) is 5.05. The van der Waals surface area contributed by atoms with Crippen molar-refractivity contribution in [3.05, 3.63) is 47.7 Å². The number of ether oxygens (including phenoxy) is 2. The van der Waals surface area contributed by atoms with Gasteiger partial charge in [-0.15, -0.1) is 13.2 Å². The fourth-order valence-corrected chi connectivity index (χ4v) is 1.61. The summed E-state index contributed by atoms with van der Waals surface area (Å²) in [7, 11) is 0. The molecule has 1 heterocycles. The van der Waals surface area contributed by atoms with Gasteiger partial charge in [-0.1, -0.05) is 12.1 Å². The summed E-state index contributed by atoms with van der Waals surface area (Å²) in [6.07, 6.45) is -0.517. The average Bonchev–Trinajstić information content (AvgIpc) is 2.94. The van der Waals surface area contributed by atoms with Gasteiger partial charge in [0.15, 0.2) is 5.69 Å². The summed E-state index contributed by atoms with van der Waals surface area (Å²) in [5, 5.41) is 0. The number of aromatic nitrogens is 1. The van der Waals surface area contributed by atoms with E-state index in [4.69, 9.17) is 9.15 Å². The molecule has 0 spiro atoms. The normalized spacial score (nSPS) is 11.7. The number of hydrogen-bond acceptors (Lipinski definition) is 5. The van der Waals surface area contributed by atoms with Crippen LogP contribution in [0.15, 0.2) is 34.9 Å². The highest BCUT2D eigenvalue weighted by molar-refractivity contribution is 5.87. The van der Waals surface area contributed by atoms with Crippen LogP contribution in [0.25, 0.3) is 12.2 Å². The Labute approximate surface area is 129 Å². The zero-order valence-electron chi connectivity index (χ0n) is 12.0. The number of benzene rings is 1. The monoisotopic (exact) mass is 327 g/mol. The van der Waals surface area contributed by atoms with Crippen LogP contribution in [0.3, 0.4) is 0 Å². The fourth-order valence-electron chi connectivity index (χ4n) is 1.61. The van der Waals surface area contributed by atoms with Gasteiger partial charge in [0.2, 0.25) is 5.89 Å². The van der Waals surface area contributed by atoms with E-state index in [1.807, 2.05) is 0 Å². The first-order valence-electron chi connectivity index (χ1n) is 6.54. The van der Waals surface area contributed by atoms with Crippen LogP contribution in [-0.4, -0.2) is 23.9 Å². The summed E-state index contributed by atoms with van der Waals surface area (Å²) in [5.41, 5.74) is 0.649. The lowest BCUT2D eigenvalue weighted by molar-refractivity contribution is -0.274. The molecule has 122 valence electrons. The Bertz CT molecular complexity index is 689. The first-order valence-corrected chi connectivity index (χ1v) is 6.54. The molecule has 0 amide bonds. The molecule has 23 heavy (non-hydrogen) atoms. The molecule has 2 rings (SSSR count). The zero-order valence-corrected chi connectivity index (χ0v) is 12.0. The number of carbonyl (C=O) groups is 1. The summed E-state index contributed by atoms with van der Waals surface area (Å²) in [6, 6.07) is 5.25. The molecule has 0 saturated heterocycles. The van der Waals surface area contributed by atoms with E-state index in [1.54, 1.807) is 13.0 Å². The summed E-state index contributed by atoms with van der Waals surface area (Å²) >= 11 is 0. The van der Waals surface area contributed by atoms with Crippen LogP contribution >= 0.6 is 0 Å². The molecular formula is C15H12F3NO4. The second kappa shape index (κ2) is 6.99. The maximum absolute atomic E-state index is 12.0. The van der Waals surface area contributed by atoms with Gasteiger partial charge in [0, 0.05) is 6.08 Å². The predicted octanol–water partition coefficient (Wildman–Crippen LogP) is 3.92. The molecule has 0 bridgehead atoms. The summed E-state index contributed by atoms with van der Waals surface area (Å²) < 4.78 is 49.7. The van der Waals surface area contributed by atoms with Crippen LogP contribution in [0.2, 0.25) is 0 Å². The molecule has 0 atom stereocenters. The molecular weight excluding hydrogens is 315 g/mol. The van der Waals surface area contributed by atoms with E-state index in [-0.39, 0.29) is 23.9 Å². The Balaban J connectivity index is 2.01. The molecule has 1 aromatic carbocycles. The quantitative estimate of drug-likeness (QED) is 0.779. The van der Waals surface area contributed by atoms with Crippen LogP contribution in [0, 0.1) is 0 Å². The van der Waals surface area contributed by atoms with Crippen LogP contribution < -0.4 is 4.74 Å². The van der Waals surface area contributed by atoms with Gasteiger partial charge in [-0.2, -0.15) is 0 Å². The van der Waals surface area contributed by atoms with Gasteiger partial charge in [0.1, 0.15) is 12.0 Å². The summed E-state index contributed by atoms with van der Waals surface area (Å²) in [6.45, 7) is 1.90. The minimum atomic E-state index is -4.72. The van der Waals surface area contributed by atoms with Crippen molar-refractivity contribution in [3.8, 4) is 5.75 Å². The van der Waals surface area contributed by atoms with Crippen LogP contribution in [0.4, 0.5) is 13.2 Å². The molecule has 0 saturated carbocycles. The minimum Gasteiger partial charge on any atom is -0.461 e. The van der Waals surface area contributed by atoms with Gasteiger partial charge in [-0.05, 0) is 30.7 Å². The smallest absolute Gasteiger partial charge is 0.461 e. The molecule has 0 radical (unpaired) electrons. The Morgan fingerprint density at radius 3 is 2.57 bits per heavy atom. The molecule has 0 aliphatic carbocycles. The van der Waals surface area contributed by atoms with E-state index in [1.165, 1.54) is 30.3 Å². The number of alkyl halides is 3. The Morgan fingerprint density at radius 2 is 1.96 bits per heavy atom. The van der Waals surface area contributed by atoms with Crippen molar-refractivity contribution in [3.63, 3.8) is 0 Å². The standard InChI is InChI=1S/C15H12F3NO4/c1-2-21-14(20)12-9-22-13(19-12)8-5-10-3-6-11(7-4-10)23-15(16,17)18/h3-9H,2H2,1H3. The van der Waals surface area contributed by atoms with Crippen LogP contribution in [0.5, 0.6) is 5.75 Å². The number of nitrogens with zero attached hydrogens (tertiary/aromatic N) is 1.